The maximum atomic E-state index is 5.01. The van der Waals surface area contributed by atoms with Gasteiger partial charge in [0, 0.05) is 24.3 Å². The fraction of sp³-hybridized carbons (Fsp3) is 0.750. The molecule has 0 saturated heterocycles. The van der Waals surface area contributed by atoms with Crippen molar-refractivity contribution in [1.29, 1.82) is 0 Å². The Balaban J connectivity index is 2.37. The predicted molar refractivity (Wildman–Crippen MR) is 49.4 cm³/mol. The van der Waals surface area contributed by atoms with Gasteiger partial charge in [-0.05, 0) is 13.8 Å². The van der Waals surface area contributed by atoms with Crippen LogP contribution in [0.1, 0.15) is 13.8 Å². The Hall–Kier alpha value is -0.150. The Kier molecular flexibility index (Phi) is 3.27. The fourth-order valence-electron chi connectivity index (χ4n) is 1.03. The molecule has 0 aromatic carbocycles. The van der Waals surface area contributed by atoms with Gasteiger partial charge in [0.2, 0.25) is 0 Å². The molecule has 1 aliphatic heterocycles. The largest absolute Gasteiger partial charge is 0.383 e. The van der Waals surface area contributed by atoms with Crippen LogP contribution in [0.25, 0.3) is 0 Å². The van der Waals surface area contributed by atoms with Gasteiger partial charge in [-0.15, -0.1) is 11.8 Å². The fourth-order valence-corrected chi connectivity index (χ4v) is 2.04. The van der Waals surface area contributed by atoms with Crippen molar-refractivity contribution < 1.29 is 4.74 Å². The SMILES string of the molecule is COCCN1CSC(C)=C1C. The molecule has 0 aromatic rings. The first-order valence-corrected chi connectivity index (χ1v) is 4.78. The molecular formula is C8H15NOS. The summed E-state index contributed by atoms with van der Waals surface area (Å²) in [6.45, 7) is 6.19. The smallest absolute Gasteiger partial charge is 0.0681 e. The number of nitrogens with zero attached hydrogens (tertiary/aromatic N) is 1. The van der Waals surface area contributed by atoms with Crippen molar-refractivity contribution in [2.75, 3.05) is 26.1 Å². The first-order chi connectivity index (χ1) is 5.25. The van der Waals surface area contributed by atoms with Gasteiger partial charge in [-0.3, -0.25) is 0 Å². The first-order valence-electron chi connectivity index (χ1n) is 3.80. The first kappa shape index (κ1) is 8.94. The van der Waals surface area contributed by atoms with Crippen LogP contribution < -0.4 is 0 Å². The van der Waals surface area contributed by atoms with E-state index in [9.17, 15) is 0 Å². The molecule has 0 unspecified atom stereocenters. The number of hydrogen-bond acceptors (Lipinski definition) is 3. The van der Waals surface area contributed by atoms with Gasteiger partial charge in [0.15, 0.2) is 0 Å². The molecule has 1 rings (SSSR count). The van der Waals surface area contributed by atoms with Gasteiger partial charge in [0.1, 0.15) is 0 Å². The van der Waals surface area contributed by atoms with Gasteiger partial charge >= 0.3 is 0 Å². The lowest BCUT2D eigenvalue weighted by atomic mass is 10.4. The van der Waals surface area contributed by atoms with Gasteiger partial charge in [-0.25, -0.2) is 0 Å². The molecule has 0 bridgehead atoms. The molecule has 0 radical (unpaired) electrons. The van der Waals surface area contributed by atoms with Crippen LogP contribution in [0, 0.1) is 0 Å². The topological polar surface area (TPSA) is 12.5 Å². The molecule has 0 atom stereocenters. The normalized spacial score (nSPS) is 18.3. The molecule has 0 aromatic heterocycles. The minimum Gasteiger partial charge on any atom is -0.383 e. The molecule has 1 heterocycles. The molecule has 0 spiro atoms. The van der Waals surface area contributed by atoms with E-state index in [1.54, 1.807) is 7.11 Å². The molecule has 64 valence electrons. The van der Waals surface area contributed by atoms with Crippen molar-refractivity contribution in [3.05, 3.63) is 10.6 Å². The van der Waals surface area contributed by atoms with Crippen LogP contribution in [0.2, 0.25) is 0 Å². The van der Waals surface area contributed by atoms with Crippen LogP contribution >= 0.6 is 11.8 Å². The molecule has 11 heavy (non-hydrogen) atoms. The van der Waals surface area contributed by atoms with Crippen molar-refractivity contribution in [3.63, 3.8) is 0 Å². The van der Waals surface area contributed by atoms with Crippen LogP contribution in [-0.4, -0.2) is 31.0 Å². The lowest BCUT2D eigenvalue weighted by Gasteiger charge is -2.17. The van der Waals surface area contributed by atoms with Crippen LogP contribution in [0.3, 0.4) is 0 Å². The predicted octanol–water partition coefficient (Wildman–Crippen LogP) is 1.89. The van der Waals surface area contributed by atoms with Crippen molar-refractivity contribution in [1.82, 2.24) is 4.90 Å². The summed E-state index contributed by atoms with van der Waals surface area (Å²) in [6, 6.07) is 0. The van der Waals surface area contributed by atoms with Crippen molar-refractivity contribution >= 4 is 11.8 Å². The second kappa shape index (κ2) is 4.02. The zero-order chi connectivity index (χ0) is 8.27. The van der Waals surface area contributed by atoms with E-state index in [2.05, 4.69) is 18.7 Å². The molecule has 0 N–H and O–H groups in total. The highest BCUT2D eigenvalue weighted by atomic mass is 32.2. The van der Waals surface area contributed by atoms with E-state index in [-0.39, 0.29) is 0 Å². The summed E-state index contributed by atoms with van der Waals surface area (Å²) in [4.78, 5) is 3.80. The van der Waals surface area contributed by atoms with E-state index in [0.717, 1.165) is 19.0 Å². The maximum absolute atomic E-state index is 5.01. The highest BCUT2D eigenvalue weighted by molar-refractivity contribution is 8.03. The molecule has 0 saturated carbocycles. The summed E-state index contributed by atoms with van der Waals surface area (Å²) in [5.41, 5.74) is 1.41. The number of thioether (sulfide) groups is 1. The zero-order valence-electron chi connectivity index (χ0n) is 7.39. The summed E-state index contributed by atoms with van der Waals surface area (Å²) >= 11 is 1.91. The summed E-state index contributed by atoms with van der Waals surface area (Å²) < 4.78 is 5.01. The average molecular weight is 173 g/mol. The monoisotopic (exact) mass is 173 g/mol. The van der Waals surface area contributed by atoms with Crippen LogP contribution in [0.15, 0.2) is 10.6 Å². The van der Waals surface area contributed by atoms with Gasteiger partial charge < -0.3 is 9.64 Å². The molecule has 0 aliphatic carbocycles. The molecule has 3 heteroatoms. The van der Waals surface area contributed by atoms with Gasteiger partial charge in [0.05, 0.1) is 12.5 Å². The maximum Gasteiger partial charge on any atom is 0.0681 e. The highest BCUT2D eigenvalue weighted by Gasteiger charge is 2.15. The standard InChI is InChI=1S/C8H15NOS/c1-7-8(2)11-6-9(7)4-5-10-3/h4-6H2,1-3H3. The Bertz CT molecular complexity index is 167. The molecular weight excluding hydrogens is 158 g/mol. The van der Waals surface area contributed by atoms with Crippen molar-refractivity contribution in [3.8, 4) is 0 Å². The van der Waals surface area contributed by atoms with Gasteiger partial charge in [-0.1, -0.05) is 0 Å². The minimum absolute atomic E-state index is 0.825. The van der Waals surface area contributed by atoms with Crippen molar-refractivity contribution in [2.24, 2.45) is 0 Å². The second-order valence-corrected chi connectivity index (χ2v) is 3.83. The Morgan fingerprint density at radius 2 is 2.27 bits per heavy atom. The lowest BCUT2D eigenvalue weighted by molar-refractivity contribution is 0.172. The van der Waals surface area contributed by atoms with E-state index in [1.807, 2.05) is 11.8 Å². The third-order valence-electron chi connectivity index (χ3n) is 1.99. The third kappa shape index (κ3) is 2.14. The Morgan fingerprint density at radius 3 is 2.73 bits per heavy atom. The zero-order valence-corrected chi connectivity index (χ0v) is 8.20. The number of rotatable bonds is 3. The number of methoxy groups -OCH3 is 1. The summed E-state index contributed by atoms with van der Waals surface area (Å²) in [6.07, 6.45) is 0. The van der Waals surface area contributed by atoms with E-state index in [4.69, 9.17) is 4.74 Å². The molecule has 0 amide bonds. The van der Waals surface area contributed by atoms with Crippen LogP contribution in [-0.2, 0) is 4.74 Å². The number of ether oxygens (including phenoxy) is 1. The number of allylic oxidation sites excluding steroid dienone is 2. The third-order valence-corrected chi connectivity index (χ3v) is 3.16. The Morgan fingerprint density at radius 1 is 1.55 bits per heavy atom. The Labute approximate surface area is 72.6 Å². The summed E-state index contributed by atoms with van der Waals surface area (Å²) in [5, 5.41) is 0. The molecule has 1 aliphatic rings. The van der Waals surface area contributed by atoms with E-state index in [1.165, 1.54) is 10.6 Å². The minimum atomic E-state index is 0.825. The number of hydrogen-bond donors (Lipinski definition) is 0. The van der Waals surface area contributed by atoms with E-state index >= 15 is 0 Å². The summed E-state index contributed by atoms with van der Waals surface area (Å²) in [7, 11) is 1.75. The van der Waals surface area contributed by atoms with Gasteiger partial charge in [0.25, 0.3) is 0 Å². The van der Waals surface area contributed by atoms with Gasteiger partial charge in [-0.2, -0.15) is 0 Å². The lowest BCUT2D eigenvalue weighted by Crippen LogP contribution is -2.22. The van der Waals surface area contributed by atoms with E-state index < -0.39 is 0 Å². The average Bonchev–Trinajstić information content (AvgIpc) is 2.31. The van der Waals surface area contributed by atoms with Crippen LogP contribution in [0.4, 0.5) is 0 Å². The van der Waals surface area contributed by atoms with Crippen molar-refractivity contribution in [2.45, 2.75) is 13.8 Å². The second-order valence-electron chi connectivity index (χ2n) is 2.67. The molecule has 2 nitrogen and oxygen atoms in total. The highest BCUT2D eigenvalue weighted by Crippen LogP contribution is 2.30. The quantitative estimate of drug-likeness (QED) is 0.646. The van der Waals surface area contributed by atoms with E-state index in [0.29, 0.717) is 0 Å². The molecule has 0 fully saturated rings. The van der Waals surface area contributed by atoms with Crippen LogP contribution in [0.5, 0.6) is 0 Å². The summed E-state index contributed by atoms with van der Waals surface area (Å²) in [5.74, 6) is 1.10.